The summed E-state index contributed by atoms with van der Waals surface area (Å²) in [4.78, 5) is 12.4. The molecule has 116 valence electrons. The third kappa shape index (κ3) is 4.86. The van der Waals surface area contributed by atoms with Crippen LogP contribution in [-0.4, -0.2) is 16.0 Å². The lowest BCUT2D eigenvalue weighted by atomic mass is 9.93. The first-order valence-corrected chi connectivity index (χ1v) is 8.62. The predicted molar refractivity (Wildman–Crippen MR) is 89.4 cm³/mol. The number of rotatable bonds is 3. The van der Waals surface area contributed by atoms with Crippen LogP contribution >= 0.6 is 11.8 Å². The van der Waals surface area contributed by atoms with E-state index in [1.165, 1.54) is 17.3 Å². The highest BCUT2D eigenvalue weighted by Gasteiger charge is 2.33. The van der Waals surface area contributed by atoms with Crippen LogP contribution in [0.1, 0.15) is 58.6 Å². The van der Waals surface area contributed by atoms with Gasteiger partial charge < -0.3 is 4.74 Å². The molecule has 1 heterocycles. The quantitative estimate of drug-likeness (QED) is 0.787. The maximum Gasteiger partial charge on any atom is 0.194 e. The fourth-order valence-corrected chi connectivity index (χ4v) is 3.62. The van der Waals surface area contributed by atoms with Crippen LogP contribution in [0.15, 0.2) is 30.3 Å². The van der Waals surface area contributed by atoms with Crippen molar-refractivity contribution in [2.24, 2.45) is 5.92 Å². The van der Waals surface area contributed by atoms with E-state index >= 15 is 0 Å². The van der Waals surface area contributed by atoms with Crippen LogP contribution in [0.5, 0.6) is 0 Å². The van der Waals surface area contributed by atoms with Crippen LogP contribution in [0, 0.1) is 5.92 Å². The number of ether oxygens (including phenoxy) is 1. The van der Waals surface area contributed by atoms with Gasteiger partial charge in [0, 0.05) is 4.75 Å². The molecule has 0 aliphatic carbocycles. The van der Waals surface area contributed by atoms with Crippen molar-refractivity contribution in [3.63, 3.8) is 0 Å². The van der Waals surface area contributed by atoms with Gasteiger partial charge in [-0.1, -0.05) is 69.8 Å². The summed E-state index contributed by atoms with van der Waals surface area (Å²) in [5, 5.41) is 0.251. The average molecular weight is 306 g/mol. The fourth-order valence-electron chi connectivity index (χ4n) is 2.68. The molecule has 2 rings (SSSR count). The Kier molecular flexibility index (Phi) is 5.50. The summed E-state index contributed by atoms with van der Waals surface area (Å²) in [6.07, 6.45) is 3.35. The summed E-state index contributed by atoms with van der Waals surface area (Å²) in [5.41, 5.74) is 1.23. The molecule has 1 aromatic carbocycles. The lowest BCUT2D eigenvalue weighted by Gasteiger charge is -2.34. The van der Waals surface area contributed by atoms with Crippen molar-refractivity contribution >= 4 is 16.9 Å². The Morgan fingerprint density at radius 2 is 1.90 bits per heavy atom. The lowest BCUT2D eigenvalue weighted by molar-refractivity contribution is -0.125. The predicted octanol–water partition coefficient (Wildman–Crippen LogP) is 4.99. The van der Waals surface area contributed by atoms with Gasteiger partial charge in [0.2, 0.25) is 0 Å². The zero-order valence-electron chi connectivity index (χ0n) is 13.5. The first-order chi connectivity index (χ1) is 9.87. The monoisotopic (exact) mass is 306 g/mol. The molecule has 0 N–H and O–H groups in total. The van der Waals surface area contributed by atoms with E-state index in [2.05, 4.69) is 32.9 Å². The van der Waals surface area contributed by atoms with Crippen molar-refractivity contribution in [1.29, 1.82) is 0 Å². The Bertz CT molecular complexity index is 464. The Hall–Kier alpha value is -0.800. The normalized spacial score (nSPS) is 24.6. The summed E-state index contributed by atoms with van der Waals surface area (Å²) in [5.74, 6) is -0.0410. The molecule has 0 amide bonds. The maximum atomic E-state index is 12.4. The van der Waals surface area contributed by atoms with Gasteiger partial charge in [-0.2, -0.15) is 0 Å². The Morgan fingerprint density at radius 3 is 2.52 bits per heavy atom. The second kappa shape index (κ2) is 6.97. The molecule has 0 aromatic heterocycles. The van der Waals surface area contributed by atoms with Crippen LogP contribution in [0.3, 0.4) is 0 Å². The molecule has 0 bridgehead atoms. The third-order valence-electron chi connectivity index (χ3n) is 3.80. The van der Waals surface area contributed by atoms with E-state index in [-0.39, 0.29) is 28.0 Å². The van der Waals surface area contributed by atoms with Crippen molar-refractivity contribution in [2.75, 3.05) is 0 Å². The second-order valence-corrected chi connectivity index (χ2v) is 8.66. The van der Waals surface area contributed by atoms with Gasteiger partial charge in [-0.15, -0.1) is 0 Å². The van der Waals surface area contributed by atoms with Gasteiger partial charge in [0.1, 0.15) is 0 Å². The first-order valence-electron chi connectivity index (χ1n) is 7.80. The topological polar surface area (TPSA) is 26.3 Å². The summed E-state index contributed by atoms with van der Waals surface area (Å²) >= 11 is 1.44. The van der Waals surface area contributed by atoms with Gasteiger partial charge in [-0.05, 0) is 24.8 Å². The van der Waals surface area contributed by atoms with Crippen molar-refractivity contribution in [3.05, 3.63) is 35.9 Å². The van der Waals surface area contributed by atoms with Crippen molar-refractivity contribution < 1.29 is 9.53 Å². The molecule has 1 saturated heterocycles. The van der Waals surface area contributed by atoms with Crippen LogP contribution in [0.4, 0.5) is 0 Å². The minimum atomic E-state index is -0.0410. The van der Waals surface area contributed by atoms with Gasteiger partial charge in [0.15, 0.2) is 5.12 Å². The molecule has 1 aromatic rings. The number of thioether (sulfide) groups is 1. The molecule has 1 fully saturated rings. The minimum Gasteiger partial charge on any atom is -0.370 e. The highest BCUT2D eigenvalue weighted by Crippen LogP contribution is 2.36. The molecule has 1 aliphatic rings. The van der Waals surface area contributed by atoms with E-state index in [1.807, 2.05) is 25.1 Å². The van der Waals surface area contributed by atoms with Crippen LogP contribution in [0.25, 0.3) is 0 Å². The molecule has 3 heteroatoms. The number of benzene rings is 1. The molecule has 3 atom stereocenters. The van der Waals surface area contributed by atoms with Gasteiger partial charge >= 0.3 is 0 Å². The largest absolute Gasteiger partial charge is 0.370 e. The summed E-state index contributed by atoms with van der Waals surface area (Å²) in [6.45, 7) is 8.25. The van der Waals surface area contributed by atoms with Gasteiger partial charge in [-0.25, -0.2) is 0 Å². The van der Waals surface area contributed by atoms with Crippen LogP contribution in [-0.2, 0) is 9.53 Å². The van der Waals surface area contributed by atoms with E-state index < -0.39 is 0 Å². The summed E-state index contributed by atoms with van der Waals surface area (Å²) in [6, 6.07) is 10.3. The van der Waals surface area contributed by atoms with Gasteiger partial charge in [-0.3, -0.25) is 4.79 Å². The van der Waals surface area contributed by atoms with E-state index in [9.17, 15) is 4.79 Å². The van der Waals surface area contributed by atoms with Crippen LogP contribution in [0.2, 0.25) is 0 Å². The lowest BCUT2D eigenvalue weighted by Crippen LogP contribution is -2.33. The fraction of sp³-hybridized carbons (Fsp3) is 0.611. The maximum absolute atomic E-state index is 12.4. The van der Waals surface area contributed by atoms with Gasteiger partial charge in [0.25, 0.3) is 0 Å². The SMILES string of the molecule is C[C@@H](C(=O)SC(C)(C)C)[C@H]1CCC[C@H](c2ccccc2)O1. The molecule has 0 spiro atoms. The van der Waals surface area contributed by atoms with Crippen molar-refractivity contribution in [1.82, 2.24) is 0 Å². The highest BCUT2D eigenvalue weighted by atomic mass is 32.2. The Morgan fingerprint density at radius 1 is 1.24 bits per heavy atom. The Balaban J connectivity index is 1.99. The molecule has 0 unspecified atom stereocenters. The Labute approximate surface area is 132 Å². The van der Waals surface area contributed by atoms with E-state index in [0.29, 0.717) is 0 Å². The molecule has 1 aliphatic heterocycles. The zero-order valence-corrected chi connectivity index (χ0v) is 14.3. The van der Waals surface area contributed by atoms with Crippen LogP contribution < -0.4 is 0 Å². The molecule has 0 saturated carbocycles. The molecule has 2 nitrogen and oxygen atoms in total. The summed E-state index contributed by atoms with van der Waals surface area (Å²) in [7, 11) is 0. The third-order valence-corrected chi connectivity index (χ3v) is 4.99. The van der Waals surface area contributed by atoms with E-state index in [1.54, 1.807) is 0 Å². The molecular formula is C18H26O2S. The van der Waals surface area contributed by atoms with Gasteiger partial charge in [0.05, 0.1) is 18.1 Å². The average Bonchev–Trinajstić information content (AvgIpc) is 2.46. The van der Waals surface area contributed by atoms with Crippen molar-refractivity contribution in [2.45, 2.75) is 63.9 Å². The molecule has 0 radical (unpaired) electrons. The van der Waals surface area contributed by atoms with Crippen molar-refractivity contribution in [3.8, 4) is 0 Å². The number of carbonyl (C=O) groups is 1. The molecular weight excluding hydrogens is 280 g/mol. The minimum absolute atomic E-state index is 0.0289. The number of hydrogen-bond donors (Lipinski definition) is 0. The number of carbonyl (C=O) groups excluding carboxylic acids is 1. The molecule has 21 heavy (non-hydrogen) atoms. The number of hydrogen-bond acceptors (Lipinski definition) is 3. The smallest absolute Gasteiger partial charge is 0.194 e. The standard InChI is InChI=1S/C18H26O2S/c1-13(17(19)21-18(2,3)4)15-11-8-12-16(20-15)14-9-6-5-7-10-14/h5-7,9-10,13,15-16H,8,11-12H2,1-4H3/t13-,15-,16-/m1/s1. The van der Waals surface area contributed by atoms with E-state index in [4.69, 9.17) is 4.74 Å². The first kappa shape index (κ1) is 16.6. The van der Waals surface area contributed by atoms with E-state index in [0.717, 1.165) is 19.3 Å². The highest BCUT2D eigenvalue weighted by molar-refractivity contribution is 8.14. The summed E-state index contributed by atoms with van der Waals surface area (Å²) < 4.78 is 6.21. The zero-order chi connectivity index (χ0) is 15.5. The second-order valence-electron chi connectivity index (χ2n) is 6.83.